The Labute approximate surface area is 159 Å². The maximum atomic E-state index is 12.8. The van der Waals surface area contributed by atoms with Crippen molar-refractivity contribution in [2.75, 3.05) is 17.2 Å². The Morgan fingerprint density at radius 2 is 2.04 bits per heavy atom. The van der Waals surface area contributed by atoms with E-state index in [0.717, 1.165) is 0 Å². The second-order valence-corrected chi connectivity index (χ2v) is 7.52. The van der Waals surface area contributed by atoms with Crippen LogP contribution in [0.2, 0.25) is 0 Å². The van der Waals surface area contributed by atoms with Crippen molar-refractivity contribution >= 4 is 29.3 Å². The van der Waals surface area contributed by atoms with Gasteiger partial charge in [0.05, 0.1) is 11.4 Å². The van der Waals surface area contributed by atoms with E-state index >= 15 is 0 Å². The van der Waals surface area contributed by atoms with Crippen molar-refractivity contribution in [3.05, 3.63) is 18.2 Å². The number of rotatable bonds is 5. The van der Waals surface area contributed by atoms with Gasteiger partial charge in [-0.15, -0.1) is 0 Å². The van der Waals surface area contributed by atoms with Gasteiger partial charge in [0.1, 0.15) is 11.6 Å². The molecule has 148 valence electrons. The molecule has 0 bridgehead atoms. The molecule has 8 heteroatoms. The average molecular weight is 377 g/mol. The fraction of sp³-hybridized carbons (Fsp3) is 0.526. The smallest absolute Gasteiger partial charge is 0.408 e. The molecule has 1 aliphatic heterocycles. The number of nitrogens with one attached hydrogen (secondary N) is 3. The average Bonchev–Trinajstić information content (AvgIpc) is 2.57. The summed E-state index contributed by atoms with van der Waals surface area (Å²) in [5.74, 6) is -0.359. The van der Waals surface area contributed by atoms with Gasteiger partial charge in [-0.25, -0.2) is 4.79 Å². The summed E-state index contributed by atoms with van der Waals surface area (Å²) in [4.78, 5) is 36.4. The molecule has 1 aromatic carbocycles. The SMILES string of the molecule is CCC(C)C(NC(=O)OC(C)(C)C)C(=O)Nc1cccc2c1OCC(=O)N2. The Morgan fingerprint density at radius 1 is 1.33 bits per heavy atom. The van der Waals surface area contributed by atoms with E-state index in [-0.39, 0.29) is 24.3 Å². The molecule has 1 aromatic rings. The number of benzene rings is 1. The van der Waals surface area contributed by atoms with Crippen LogP contribution in [0.5, 0.6) is 5.75 Å². The number of hydrogen-bond acceptors (Lipinski definition) is 5. The molecule has 3 amide bonds. The van der Waals surface area contributed by atoms with Crippen LogP contribution in [0.4, 0.5) is 16.2 Å². The number of alkyl carbamates (subject to hydrolysis) is 1. The molecule has 8 nitrogen and oxygen atoms in total. The first-order valence-corrected chi connectivity index (χ1v) is 8.96. The van der Waals surface area contributed by atoms with Gasteiger partial charge in [0.15, 0.2) is 12.4 Å². The zero-order chi connectivity index (χ0) is 20.2. The molecule has 0 aromatic heterocycles. The Kier molecular flexibility index (Phi) is 6.30. The van der Waals surface area contributed by atoms with Crippen LogP contribution in [0, 0.1) is 5.92 Å². The van der Waals surface area contributed by atoms with Gasteiger partial charge in [-0.3, -0.25) is 9.59 Å². The number of hydrogen-bond donors (Lipinski definition) is 3. The molecule has 0 spiro atoms. The highest BCUT2D eigenvalue weighted by molar-refractivity contribution is 6.02. The molecule has 0 aliphatic carbocycles. The summed E-state index contributed by atoms with van der Waals surface area (Å²) in [6.45, 7) is 8.96. The summed E-state index contributed by atoms with van der Waals surface area (Å²) < 4.78 is 10.7. The molecule has 0 fully saturated rings. The van der Waals surface area contributed by atoms with E-state index in [9.17, 15) is 14.4 Å². The highest BCUT2D eigenvalue weighted by Crippen LogP contribution is 2.35. The molecule has 1 heterocycles. The van der Waals surface area contributed by atoms with Crippen molar-refractivity contribution in [2.45, 2.75) is 52.7 Å². The Balaban J connectivity index is 2.16. The van der Waals surface area contributed by atoms with Crippen LogP contribution in [0.15, 0.2) is 18.2 Å². The van der Waals surface area contributed by atoms with Crippen LogP contribution in [0.25, 0.3) is 0 Å². The van der Waals surface area contributed by atoms with E-state index in [1.54, 1.807) is 39.0 Å². The summed E-state index contributed by atoms with van der Waals surface area (Å²) in [7, 11) is 0. The monoisotopic (exact) mass is 377 g/mol. The van der Waals surface area contributed by atoms with Crippen molar-refractivity contribution in [3.63, 3.8) is 0 Å². The molecule has 3 N–H and O–H groups in total. The van der Waals surface area contributed by atoms with Crippen LogP contribution < -0.4 is 20.7 Å². The molecule has 0 saturated heterocycles. The lowest BCUT2D eigenvalue weighted by atomic mass is 9.98. The first-order valence-electron chi connectivity index (χ1n) is 8.96. The van der Waals surface area contributed by atoms with Gasteiger partial charge >= 0.3 is 6.09 Å². The van der Waals surface area contributed by atoms with E-state index in [1.165, 1.54) is 0 Å². The summed E-state index contributed by atoms with van der Waals surface area (Å²) in [6, 6.07) is 4.28. The minimum Gasteiger partial charge on any atom is -0.479 e. The topological polar surface area (TPSA) is 106 Å². The van der Waals surface area contributed by atoms with Crippen molar-refractivity contribution in [3.8, 4) is 5.75 Å². The molecule has 0 radical (unpaired) electrons. The summed E-state index contributed by atoms with van der Waals surface area (Å²) in [5.41, 5.74) is 0.256. The molecule has 0 saturated carbocycles. The summed E-state index contributed by atoms with van der Waals surface area (Å²) in [6.07, 6.45) is 0.0365. The predicted octanol–water partition coefficient (Wildman–Crippen LogP) is 2.90. The van der Waals surface area contributed by atoms with Gasteiger partial charge in [0.25, 0.3) is 5.91 Å². The van der Waals surface area contributed by atoms with Crippen molar-refractivity contribution in [1.29, 1.82) is 0 Å². The third-order valence-corrected chi connectivity index (χ3v) is 4.06. The first-order chi connectivity index (χ1) is 12.6. The number of para-hydroxylation sites is 1. The third kappa shape index (κ3) is 5.60. The van der Waals surface area contributed by atoms with Gasteiger partial charge in [-0.1, -0.05) is 26.3 Å². The van der Waals surface area contributed by atoms with Crippen LogP contribution >= 0.6 is 0 Å². The second kappa shape index (κ2) is 8.28. The highest BCUT2D eigenvalue weighted by atomic mass is 16.6. The molecule has 27 heavy (non-hydrogen) atoms. The standard InChI is InChI=1S/C19H27N3O5/c1-6-11(2)15(22-18(25)27-19(3,4)5)17(24)21-13-9-7-8-12-16(13)26-10-14(23)20-12/h7-9,11,15H,6,10H2,1-5H3,(H,20,23)(H,21,24)(H,22,25). The molecule has 1 aliphatic rings. The van der Waals surface area contributed by atoms with Gasteiger partial charge in [0.2, 0.25) is 5.91 Å². The fourth-order valence-corrected chi connectivity index (χ4v) is 2.56. The number of carbonyl (C=O) groups excluding carboxylic acids is 3. The second-order valence-electron chi connectivity index (χ2n) is 7.52. The summed E-state index contributed by atoms with van der Waals surface area (Å²) in [5, 5.41) is 8.12. The number of amides is 3. The third-order valence-electron chi connectivity index (χ3n) is 4.06. The van der Waals surface area contributed by atoms with Crippen molar-refractivity contribution in [1.82, 2.24) is 5.32 Å². The van der Waals surface area contributed by atoms with Gasteiger partial charge in [0, 0.05) is 0 Å². The van der Waals surface area contributed by atoms with Gasteiger partial charge in [-0.05, 0) is 38.8 Å². The maximum absolute atomic E-state index is 12.8. The molecule has 2 unspecified atom stereocenters. The number of ether oxygens (including phenoxy) is 2. The van der Waals surface area contributed by atoms with E-state index < -0.39 is 17.7 Å². The minimum absolute atomic E-state index is 0.113. The largest absolute Gasteiger partial charge is 0.479 e. The van der Waals surface area contributed by atoms with E-state index in [4.69, 9.17) is 9.47 Å². The molecule has 2 atom stereocenters. The lowest BCUT2D eigenvalue weighted by Crippen LogP contribution is -2.49. The minimum atomic E-state index is -0.779. The number of anilines is 2. The normalized spacial score (nSPS) is 15.5. The van der Waals surface area contributed by atoms with E-state index in [1.807, 2.05) is 13.8 Å². The summed E-state index contributed by atoms with van der Waals surface area (Å²) >= 11 is 0. The van der Waals surface area contributed by atoms with Crippen molar-refractivity contribution < 1.29 is 23.9 Å². The van der Waals surface area contributed by atoms with Crippen LogP contribution in [-0.2, 0) is 14.3 Å². The van der Waals surface area contributed by atoms with Crippen LogP contribution in [0.3, 0.4) is 0 Å². The first kappa shape index (κ1) is 20.5. The number of fused-ring (bicyclic) bond motifs is 1. The lowest BCUT2D eigenvalue weighted by molar-refractivity contribution is -0.119. The van der Waals surface area contributed by atoms with E-state index in [2.05, 4.69) is 16.0 Å². The zero-order valence-corrected chi connectivity index (χ0v) is 16.3. The molecular formula is C19H27N3O5. The van der Waals surface area contributed by atoms with E-state index in [0.29, 0.717) is 23.5 Å². The van der Waals surface area contributed by atoms with Gasteiger partial charge < -0.3 is 25.4 Å². The molecule has 2 rings (SSSR count). The van der Waals surface area contributed by atoms with Gasteiger partial charge in [-0.2, -0.15) is 0 Å². The fourth-order valence-electron chi connectivity index (χ4n) is 2.56. The quantitative estimate of drug-likeness (QED) is 0.732. The predicted molar refractivity (Wildman–Crippen MR) is 102 cm³/mol. The highest BCUT2D eigenvalue weighted by Gasteiger charge is 2.29. The molecular weight excluding hydrogens is 350 g/mol. The lowest BCUT2D eigenvalue weighted by Gasteiger charge is -2.27. The van der Waals surface area contributed by atoms with Crippen molar-refractivity contribution in [2.24, 2.45) is 5.92 Å². The zero-order valence-electron chi connectivity index (χ0n) is 16.3. The van der Waals surface area contributed by atoms with Crippen LogP contribution in [0.1, 0.15) is 41.0 Å². The maximum Gasteiger partial charge on any atom is 0.408 e. The van der Waals surface area contributed by atoms with Crippen LogP contribution in [-0.4, -0.2) is 36.2 Å². The number of carbonyl (C=O) groups is 3. The Bertz CT molecular complexity index is 727. The Morgan fingerprint density at radius 3 is 2.67 bits per heavy atom. The Hall–Kier alpha value is -2.77.